The summed E-state index contributed by atoms with van der Waals surface area (Å²) >= 11 is 0. The number of rotatable bonds is 6. The van der Waals surface area contributed by atoms with Gasteiger partial charge in [0.25, 0.3) is 0 Å². The summed E-state index contributed by atoms with van der Waals surface area (Å²) in [5.74, 6) is 3.20. The van der Waals surface area contributed by atoms with Crippen LogP contribution in [0.3, 0.4) is 0 Å². The van der Waals surface area contributed by atoms with Crippen LogP contribution in [0.4, 0.5) is 0 Å². The van der Waals surface area contributed by atoms with Gasteiger partial charge in [0.1, 0.15) is 0 Å². The van der Waals surface area contributed by atoms with Gasteiger partial charge in [-0.3, -0.25) is 0 Å². The minimum absolute atomic E-state index is 0.871. The normalized spacial score (nSPS) is 33.5. The van der Waals surface area contributed by atoms with Crippen molar-refractivity contribution in [1.82, 2.24) is 5.32 Å². The second kappa shape index (κ2) is 7.11. The largest absolute Gasteiger partial charge is 0.314 e. The third kappa shape index (κ3) is 4.21. The Balaban J connectivity index is 1.42. The number of nitrogens with one attached hydrogen (secondary N) is 1. The van der Waals surface area contributed by atoms with Gasteiger partial charge in [-0.15, -0.1) is 0 Å². The average Bonchev–Trinajstić information content (AvgIpc) is 3.29. The van der Waals surface area contributed by atoms with Crippen LogP contribution in [0.15, 0.2) is 0 Å². The molecule has 0 amide bonds. The second-order valence-electron chi connectivity index (χ2n) is 7.49. The molecule has 3 fully saturated rings. The molecule has 19 heavy (non-hydrogen) atoms. The molecule has 3 aliphatic rings. The first kappa shape index (κ1) is 13.9. The zero-order valence-corrected chi connectivity index (χ0v) is 12.7. The maximum absolute atomic E-state index is 3.95. The Morgan fingerprint density at radius 2 is 1.47 bits per heavy atom. The molecule has 0 bridgehead atoms. The molecule has 0 radical (unpaired) electrons. The van der Waals surface area contributed by atoms with Gasteiger partial charge in [-0.1, -0.05) is 57.8 Å². The van der Waals surface area contributed by atoms with Crippen molar-refractivity contribution < 1.29 is 0 Å². The average molecular weight is 263 g/mol. The third-order valence-electron chi connectivity index (χ3n) is 5.97. The number of hydrogen-bond donors (Lipinski definition) is 1. The van der Waals surface area contributed by atoms with Crippen LogP contribution in [0.1, 0.15) is 83.5 Å². The van der Waals surface area contributed by atoms with Gasteiger partial charge in [-0.25, -0.2) is 0 Å². The maximum atomic E-state index is 3.95. The first-order valence-corrected chi connectivity index (χ1v) is 9.17. The highest BCUT2D eigenvalue weighted by Crippen LogP contribution is 2.38. The lowest BCUT2D eigenvalue weighted by Gasteiger charge is -2.39. The van der Waals surface area contributed by atoms with E-state index >= 15 is 0 Å². The third-order valence-corrected chi connectivity index (χ3v) is 5.97. The van der Waals surface area contributed by atoms with Crippen LogP contribution < -0.4 is 5.32 Å². The molecular formula is C18H33N. The second-order valence-corrected chi connectivity index (χ2v) is 7.49. The molecule has 1 nitrogen and oxygen atoms in total. The summed E-state index contributed by atoms with van der Waals surface area (Å²) < 4.78 is 0. The van der Waals surface area contributed by atoms with Gasteiger partial charge in [0.05, 0.1) is 0 Å². The first-order chi connectivity index (χ1) is 9.43. The molecular weight excluding hydrogens is 230 g/mol. The predicted molar refractivity (Wildman–Crippen MR) is 82.3 cm³/mol. The van der Waals surface area contributed by atoms with E-state index in [0.717, 1.165) is 23.8 Å². The Morgan fingerprint density at radius 3 is 2.26 bits per heavy atom. The van der Waals surface area contributed by atoms with E-state index in [0.29, 0.717) is 0 Å². The Hall–Kier alpha value is -0.0400. The molecule has 0 heterocycles. The highest BCUT2D eigenvalue weighted by Gasteiger charge is 2.32. The molecule has 0 aromatic heterocycles. The van der Waals surface area contributed by atoms with Crippen LogP contribution in [0.25, 0.3) is 0 Å². The summed E-state index contributed by atoms with van der Waals surface area (Å²) in [7, 11) is 0. The number of hydrogen-bond acceptors (Lipinski definition) is 1. The van der Waals surface area contributed by atoms with Crippen molar-refractivity contribution in [2.45, 2.75) is 89.5 Å². The fourth-order valence-electron chi connectivity index (χ4n) is 4.62. The summed E-state index contributed by atoms with van der Waals surface area (Å²) in [6.07, 6.45) is 19.5. The Bertz CT molecular complexity index is 252. The topological polar surface area (TPSA) is 12.0 Å². The molecule has 3 rings (SSSR count). The molecule has 0 aromatic carbocycles. The first-order valence-electron chi connectivity index (χ1n) is 9.17. The van der Waals surface area contributed by atoms with Gasteiger partial charge in [-0.2, -0.15) is 0 Å². The molecule has 2 atom stereocenters. The smallest absolute Gasteiger partial charge is 0.00979 e. The molecule has 0 saturated heterocycles. The summed E-state index contributed by atoms with van der Waals surface area (Å²) in [6.45, 7) is 1.30. The van der Waals surface area contributed by atoms with E-state index in [4.69, 9.17) is 0 Å². The molecule has 3 aliphatic carbocycles. The fourth-order valence-corrected chi connectivity index (χ4v) is 4.62. The van der Waals surface area contributed by atoms with E-state index in [1.165, 1.54) is 90.0 Å². The minimum atomic E-state index is 0.871. The van der Waals surface area contributed by atoms with Gasteiger partial charge < -0.3 is 5.32 Å². The molecule has 1 N–H and O–H groups in total. The van der Waals surface area contributed by atoms with Gasteiger partial charge >= 0.3 is 0 Å². The molecule has 3 saturated carbocycles. The molecule has 110 valence electrons. The SMILES string of the molecule is C1CCC(C2CCCCC2NCCCC2CC2)CC1. The lowest BCUT2D eigenvalue weighted by molar-refractivity contribution is 0.150. The van der Waals surface area contributed by atoms with Crippen molar-refractivity contribution in [3.05, 3.63) is 0 Å². The maximum Gasteiger partial charge on any atom is 0.00979 e. The lowest BCUT2D eigenvalue weighted by Crippen LogP contribution is -2.42. The van der Waals surface area contributed by atoms with Gasteiger partial charge in [0, 0.05) is 6.04 Å². The van der Waals surface area contributed by atoms with Gasteiger partial charge in [0.15, 0.2) is 0 Å². The van der Waals surface area contributed by atoms with Crippen molar-refractivity contribution >= 4 is 0 Å². The standard InChI is InChI=1S/C18H33N/c1-2-8-16(9-3-1)17-10-4-5-11-18(17)19-14-6-7-15-12-13-15/h15-19H,1-14H2. The van der Waals surface area contributed by atoms with Crippen LogP contribution in [0.2, 0.25) is 0 Å². The van der Waals surface area contributed by atoms with Crippen molar-refractivity contribution in [2.24, 2.45) is 17.8 Å². The van der Waals surface area contributed by atoms with Crippen LogP contribution in [-0.4, -0.2) is 12.6 Å². The van der Waals surface area contributed by atoms with Crippen LogP contribution >= 0.6 is 0 Å². The zero-order chi connectivity index (χ0) is 12.9. The van der Waals surface area contributed by atoms with Crippen LogP contribution in [0, 0.1) is 17.8 Å². The van der Waals surface area contributed by atoms with E-state index < -0.39 is 0 Å². The highest BCUT2D eigenvalue weighted by molar-refractivity contribution is 4.87. The van der Waals surface area contributed by atoms with Crippen molar-refractivity contribution in [3.63, 3.8) is 0 Å². The predicted octanol–water partition coefficient (Wildman–Crippen LogP) is 4.91. The van der Waals surface area contributed by atoms with E-state index in [-0.39, 0.29) is 0 Å². The molecule has 0 aromatic rings. The van der Waals surface area contributed by atoms with Gasteiger partial charge in [-0.05, 0) is 50.0 Å². The summed E-state index contributed by atoms with van der Waals surface area (Å²) in [5.41, 5.74) is 0. The van der Waals surface area contributed by atoms with E-state index in [1.807, 2.05) is 0 Å². The minimum Gasteiger partial charge on any atom is -0.314 e. The van der Waals surface area contributed by atoms with Crippen LogP contribution in [-0.2, 0) is 0 Å². The lowest BCUT2D eigenvalue weighted by atomic mass is 9.71. The zero-order valence-electron chi connectivity index (χ0n) is 12.7. The van der Waals surface area contributed by atoms with E-state index in [1.54, 1.807) is 0 Å². The Labute approximate surface area is 119 Å². The highest BCUT2D eigenvalue weighted by atomic mass is 14.9. The molecule has 2 unspecified atom stereocenters. The van der Waals surface area contributed by atoms with Crippen molar-refractivity contribution in [2.75, 3.05) is 6.54 Å². The molecule has 1 heteroatoms. The summed E-state index contributed by atoms with van der Waals surface area (Å²) in [4.78, 5) is 0. The molecule has 0 spiro atoms. The van der Waals surface area contributed by atoms with Crippen molar-refractivity contribution in [1.29, 1.82) is 0 Å². The summed E-state index contributed by atoms with van der Waals surface area (Å²) in [5, 5.41) is 3.95. The molecule has 0 aliphatic heterocycles. The fraction of sp³-hybridized carbons (Fsp3) is 1.00. The van der Waals surface area contributed by atoms with E-state index in [9.17, 15) is 0 Å². The monoisotopic (exact) mass is 263 g/mol. The van der Waals surface area contributed by atoms with Gasteiger partial charge in [0.2, 0.25) is 0 Å². The Morgan fingerprint density at radius 1 is 0.737 bits per heavy atom. The van der Waals surface area contributed by atoms with Crippen LogP contribution in [0.5, 0.6) is 0 Å². The quantitative estimate of drug-likeness (QED) is 0.672. The van der Waals surface area contributed by atoms with Crippen molar-refractivity contribution in [3.8, 4) is 0 Å². The Kier molecular flexibility index (Phi) is 5.21. The summed E-state index contributed by atoms with van der Waals surface area (Å²) in [6, 6.07) is 0.871. The van der Waals surface area contributed by atoms with E-state index in [2.05, 4.69) is 5.32 Å².